The van der Waals surface area contributed by atoms with E-state index in [0.29, 0.717) is 35.7 Å². The van der Waals surface area contributed by atoms with E-state index >= 15 is 0 Å². The Labute approximate surface area is 128 Å². The standard InChI is InChI=1S/C16H14ClN3O/c17-12-5-1-4-11(10-12)16-15-13(6-2-7-14(15)21)20(19-16)9-3-8-18/h1,4-5,10H,2-3,6-7,9H2. The van der Waals surface area contributed by atoms with Gasteiger partial charge in [-0.15, -0.1) is 0 Å². The van der Waals surface area contributed by atoms with Crippen LogP contribution in [0.2, 0.25) is 5.02 Å². The molecule has 2 aromatic rings. The van der Waals surface area contributed by atoms with E-state index in [2.05, 4.69) is 11.2 Å². The maximum absolute atomic E-state index is 12.3. The van der Waals surface area contributed by atoms with Crippen molar-refractivity contribution in [2.75, 3.05) is 0 Å². The number of Topliss-reactive ketones (excluding diaryl/α,β-unsaturated/α-hetero) is 1. The summed E-state index contributed by atoms with van der Waals surface area (Å²) in [6, 6.07) is 9.50. The number of halogens is 1. The molecule has 0 N–H and O–H groups in total. The van der Waals surface area contributed by atoms with Crippen molar-refractivity contribution in [3.05, 3.63) is 40.5 Å². The predicted molar refractivity (Wildman–Crippen MR) is 80.2 cm³/mol. The molecule has 0 unspecified atom stereocenters. The summed E-state index contributed by atoms with van der Waals surface area (Å²) in [5.41, 5.74) is 3.21. The van der Waals surface area contributed by atoms with Crippen molar-refractivity contribution in [1.29, 1.82) is 5.26 Å². The van der Waals surface area contributed by atoms with Crippen LogP contribution in [0.4, 0.5) is 0 Å². The molecule has 1 aliphatic carbocycles. The van der Waals surface area contributed by atoms with Crippen LogP contribution in [0.5, 0.6) is 0 Å². The summed E-state index contributed by atoms with van der Waals surface area (Å²) < 4.78 is 1.81. The molecule has 0 bridgehead atoms. The number of hydrogen-bond donors (Lipinski definition) is 0. The summed E-state index contributed by atoms with van der Waals surface area (Å²) in [5, 5.41) is 14.0. The zero-order valence-corrected chi connectivity index (χ0v) is 12.2. The summed E-state index contributed by atoms with van der Waals surface area (Å²) in [6.45, 7) is 0.521. The van der Waals surface area contributed by atoms with E-state index in [1.165, 1.54) is 0 Å². The summed E-state index contributed by atoms with van der Waals surface area (Å²) in [4.78, 5) is 12.3. The van der Waals surface area contributed by atoms with Crippen LogP contribution in [0.25, 0.3) is 11.3 Å². The Balaban J connectivity index is 2.14. The van der Waals surface area contributed by atoms with Gasteiger partial charge in [-0.25, -0.2) is 0 Å². The summed E-state index contributed by atoms with van der Waals surface area (Å²) in [6.07, 6.45) is 2.63. The maximum atomic E-state index is 12.3. The topological polar surface area (TPSA) is 58.7 Å². The number of nitrogens with zero attached hydrogens (tertiary/aromatic N) is 3. The van der Waals surface area contributed by atoms with Crippen LogP contribution >= 0.6 is 11.6 Å². The number of aryl methyl sites for hydroxylation is 1. The van der Waals surface area contributed by atoms with Gasteiger partial charge in [0.25, 0.3) is 0 Å². The molecule has 21 heavy (non-hydrogen) atoms. The van der Waals surface area contributed by atoms with Gasteiger partial charge in [0.15, 0.2) is 5.78 Å². The van der Waals surface area contributed by atoms with E-state index in [1.807, 2.05) is 22.9 Å². The predicted octanol–water partition coefficient (Wildman–Crippen LogP) is 3.64. The average Bonchev–Trinajstić information content (AvgIpc) is 2.85. The highest BCUT2D eigenvalue weighted by Gasteiger charge is 2.27. The third kappa shape index (κ3) is 2.57. The minimum absolute atomic E-state index is 0.134. The molecule has 1 heterocycles. The summed E-state index contributed by atoms with van der Waals surface area (Å²) in [7, 11) is 0. The third-order valence-corrected chi connectivity index (χ3v) is 3.92. The first-order valence-electron chi connectivity index (χ1n) is 6.96. The smallest absolute Gasteiger partial charge is 0.166 e. The highest BCUT2D eigenvalue weighted by Crippen LogP contribution is 2.32. The Kier molecular flexibility index (Phi) is 3.76. The normalized spacial score (nSPS) is 13.8. The van der Waals surface area contributed by atoms with Crippen LogP contribution < -0.4 is 0 Å². The highest BCUT2D eigenvalue weighted by molar-refractivity contribution is 6.30. The number of hydrogen-bond acceptors (Lipinski definition) is 3. The fourth-order valence-corrected chi connectivity index (χ4v) is 2.95. The SMILES string of the molecule is N#CCCn1nc(-c2cccc(Cl)c2)c2c1CCCC2=O. The summed E-state index contributed by atoms with van der Waals surface area (Å²) in [5.74, 6) is 0.134. The van der Waals surface area contributed by atoms with Crippen molar-refractivity contribution < 1.29 is 4.79 Å². The lowest BCUT2D eigenvalue weighted by Crippen LogP contribution is -2.14. The quantitative estimate of drug-likeness (QED) is 0.869. The summed E-state index contributed by atoms with van der Waals surface area (Å²) >= 11 is 6.04. The molecule has 0 fully saturated rings. The monoisotopic (exact) mass is 299 g/mol. The maximum Gasteiger partial charge on any atom is 0.166 e. The van der Waals surface area contributed by atoms with E-state index in [1.54, 1.807) is 6.07 Å². The first-order valence-corrected chi connectivity index (χ1v) is 7.34. The molecule has 106 valence electrons. The number of carbonyl (C=O) groups excluding carboxylic acids is 1. The molecule has 0 aliphatic heterocycles. The van der Waals surface area contributed by atoms with Crippen molar-refractivity contribution in [3.8, 4) is 17.3 Å². The molecule has 0 saturated carbocycles. The van der Waals surface area contributed by atoms with Gasteiger partial charge in [0.05, 0.1) is 24.6 Å². The number of fused-ring (bicyclic) bond motifs is 1. The lowest BCUT2D eigenvalue weighted by Gasteiger charge is -2.12. The molecule has 0 spiro atoms. The van der Waals surface area contributed by atoms with Gasteiger partial charge in [-0.05, 0) is 25.0 Å². The van der Waals surface area contributed by atoms with E-state index in [-0.39, 0.29) is 5.78 Å². The highest BCUT2D eigenvalue weighted by atomic mass is 35.5. The van der Waals surface area contributed by atoms with E-state index < -0.39 is 0 Å². The molecule has 1 aromatic heterocycles. The van der Waals surface area contributed by atoms with E-state index in [4.69, 9.17) is 16.9 Å². The van der Waals surface area contributed by atoms with Crippen LogP contribution in [0.1, 0.15) is 35.3 Å². The number of benzene rings is 1. The fraction of sp³-hybridized carbons (Fsp3) is 0.312. The van der Waals surface area contributed by atoms with Crippen molar-refractivity contribution in [3.63, 3.8) is 0 Å². The van der Waals surface area contributed by atoms with Gasteiger partial charge in [0.1, 0.15) is 5.69 Å². The Morgan fingerprint density at radius 3 is 3.00 bits per heavy atom. The number of nitriles is 1. The minimum Gasteiger partial charge on any atom is -0.294 e. The van der Waals surface area contributed by atoms with Crippen LogP contribution in [0.3, 0.4) is 0 Å². The minimum atomic E-state index is 0.134. The van der Waals surface area contributed by atoms with E-state index in [0.717, 1.165) is 24.1 Å². The Morgan fingerprint density at radius 2 is 2.24 bits per heavy atom. The van der Waals surface area contributed by atoms with Crippen LogP contribution in [0.15, 0.2) is 24.3 Å². The van der Waals surface area contributed by atoms with Crippen LogP contribution in [0, 0.1) is 11.3 Å². The van der Waals surface area contributed by atoms with Crippen molar-refractivity contribution in [2.24, 2.45) is 0 Å². The molecule has 1 aliphatic rings. The lowest BCUT2D eigenvalue weighted by atomic mass is 9.92. The lowest BCUT2D eigenvalue weighted by molar-refractivity contribution is 0.0972. The van der Waals surface area contributed by atoms with Crippen LogP contribution in [-0.2, 0) is 13.0 Å². The Morgan fingerprint density at radius 1 is 1.38 bits per heavy atom. The second kappa shape index (κ2) is 5.71. The Hall–Kier alpha value is -2.12. The van der Waals surface area contributed by atoms with Gasteiger partial charge in [-0.1, -0.05) is 23.7 Å². The molecular formula is C16H14ClN3O. The molecule has 5 heteroatoms. The third-order valence-electron chi connectivity index (χ3n) is 3.69. The number of ketones is 1. The molecule has 0 radical (unpaired) electrons. The second-order valence-corrected chi connectivity index (χ2v) is 5.53. The fourth-order valence-electron chi connectivity index (χ4n) is 2.76. The molecule has 3 rings (SSSR count). The average molecular weight is 300 g/mol. The first-order chi connectivity index (χ1) is 10.2. The zero-order valence-electron chi connectivity index (χ0n) is 11.5. The van der Waals surface area contributed by atoms with Gasteiger partial charge in [-0.2, -0.15) is 10.4 Å². The molecule has 4 nitrogen and oxygen atoms in total. The van der Waals surface area contributed by atoms with Crippen molar-refractivity contribution in [1.82, 2.24) is 9.78 Å². The van der Waals surface area contributed by atoms with Crippen molar-refractivity contribution >= 4 is 17.4 Å². The van der Waals surface area contributed by atoms with Gasteiger partial charge in [-0.3, -0.25) is 9.48 Å². The van der Waals surface area contributed by atoms with E-state index in [9.17, 15) is 4.79 Å². The van der Waals surface area contributed by atoms with Crippen LogP contribution in [-0.4, -0.2) is 15.6 Å². The van der Waals surface area contributed by atoms with Gasteiger partial charge in [0.2, 0.25) is 0 Å². The van der Waals surface area contributed by atoms with Crippen molar-refractivity contribution in [2.45, 2.75) is 32.2 Å². The zero-order chi connectivity index (χ0) is 14.8. The number of carbonyl (C=O) groups is 1. The molecule has 1 aromatic carbocycles. The van der Waals surface area contributed by atoms with Gasteiger partial charge >= 0.3 is 0 Å². The number of aromatic nitrogens is 2. The number of rotatable bonds is 3. The molecular weight excluding hydrogens is 286 g/mol. The van der Waals surface area contributed by atoms with Gasteiger partial charge < -0.3 is 0 Å². The molecule has 0 amide bonds. The second-order valence-electron chi connectivity index (χ2n) is 5.09. The first kappa shape index (κ1) is 13.8. The molecule has 0 saturated heterocycles. The Bertz CT molecular complexity index is 742. The largest absolute Gasteiger partial charge is 0.294 e. The van der Waals surface area contributed by atoms with Gasteiger partial charge in [0, 0.05) is 22.7 Å². The molecule has 0 atom stereocenters.